The Labute approximate surface area is 128 Å². The van der Waals surface area contributed by atoms with E-state index in [0.29, 0.717) is 17.6 Å². The lowest BCUT2D eigenvalue weighted by molar-refractivity contribution is 0.542. The molecule has 1 unspecified atom stereocenters. The molecule has 3 heterocycles. The van der Waals surface area contributed by atoms with Gasteiger partial charge in [-0.2, -0.15) is 10.2 Å². The van der Waals surface area contributed by atoms with Crippen LogP contribution in [0.3, 0.4) is 0 Å². The lowest BCUT2D eigenvalue weighted by Gasteiger charge is -2.03. The fourth-order valence-electron chi connectivity index (χ4n) is 2.18. The summed E-state index contributed by atoms with van der Waals surface area (Å²) in [6.45, 7) is 4.36. The van der Waals surface area contributed by atoms with E-state index in [9.17, 15) is 0 Å². The molecule has 0 amide bonds. The molecule has 3 N–H and O–H groups in total. The highest BCUT2D eigenvalue weighted by molar-refractivity contribution is 5.56. The third-order valence-electron chi connectivity index (χ3n) is 3.61. The van der Waals surface area contributed by atoms with Gasteiger partial charge in [0.1, 0.15) is 11.5 Å². The summed E-state index contributed by atoms with van der Waals surface area (Å²) in [6, 6.07) is 5.57. The van der Waals surface area contributed by atoms with Crippen LogP contribution in [0.2, 0.25) is 0 Å². The number of nitrogens with zero attached hydrogens (tertiary/aromatic N) is 5. The highest BCUT2D eigenvalue weighted by atomic mass is 15.4. The molecule has 0 aliphatic heterocycles. The van der Waals surface area contributed by atoms with Crippen LogP contribution in [0.4, 0.5) is 5.82 Å². The number of H-pyrrole nitrogens is 1. The van der Waals surface area contributed by atoms with E-state index in [0.717, 1.165) is 30.0 Å². The second-order valence-corrected chi connectivity index (χ2v) is 5.40. The van der Waals surface area contributed by atoms with Gasteiger partial charge in [-0.3, -0.25) is 10.1 Å². The number of nitrogens with two attached hydrogens (primary N) is 1. The van der Waals surface area contributed by atoms with E-state index >= 15 is 0 Å². The fourth-order valence-corrected chi connectivity index (χ4v) is 2.18. The molecule has 0 saturated heterocycles. The zero-order valence-corrected chi connectivity index (χ0v) is 12.7. The first-order valence-corrected chi connectivity index (χ1v) is 7.35. The molecule has 0 fully saturated rings. The molecule has 114 valence electrons. The molecule has 0 radical (unpaired) electrons. The van der Waals surface area contributed by atoms with Crippen LogP contribution in [0.5, 0.6) is 0 Å². The van der Waals surface area contributed by atoms with Crippen molar-refractivity contribution >= 4 is 5.82 Å². The molecule has 3 aromatic heterocycles. The van der Waals surface area contributed by atoms with E-state index in [1.165, 1.54) is 0 Å². The highest BCUT2D eigenvalue weighted by Crippen LogP contribution is 2.21. The number of aromatic amines is 1. The molecule has 3 rings (SSSR count). The maximum absolute atomic E-state index is 5.70. The lowest BCUT2D eigenvalue weighted by atomic mass is 10.1. The van der Waals surface area contributed by atoms with Crippen molar-refractivity contribution in [1.29, 1.82) is 0 Å². The van der Waals surface area contributed by atoms with Crippen molar-refractivity contribution in [2.75, 3.05) is 5.73 Å². The number of hydrogen-bond acceptors (Lipinski definition) is 5. The summed E-state index contributed by atoms with van der Waals surface area (Å²) >= 11 is 0. The molecule has 0 saturated carbocycles. The minimum atomic E-state index is 0.430. The molecule has 7 nitrogen and oxygen atoms in total. The number of rotatable bonds is 5. The topological polar surface area (TPSA) is 98.3 Å². The van der Waals surface area contributed by atoms with E-state index in [1.807, 2.05) is 12.1 Å². The molecule has 0 spiro atoms. The van der Waals surface area contributed by atoms with Crippen LogP contribution in [-0.4, -0.2) is 29.9 Å². The van der Waals surface area contributed by atoms with Gasteiger partial charge in [0.25, 0.3) is 0 Å². The van der Waals surface area contributed by atoms with E-state index in [1.54, 1.807) is 23.1 Å². The Hall–Kier alpha value is -2.70. The summed E-state index contributed by atoms with van der Waals surface area (Å²) in [7, 11) is 0. The number of anilines is 1. The molecule has 0 aromatic carbocycles. The standard InChI is InChI=1S/C15H19N7/c1-3-10(2)7-14-18-15(12-8-13(16)20-19-12)22(21-14)11-5-4-6-17-9-11/h4-6,8-10H,3,7H2,1-2H3,(H3,16,19,20). The third kappa shape index (κ3) is 2.83. The Morgan fingerprint density at radius 2 is 2.27 bits per heavy atom. The van der Waals surface area contributed by atoms with E-state index in [2.05, 4.69) is 39.1 Å². The van der Waals surface area contributed by atoms with Gasteiger partial charge in [0, 0.05) is 18.7 Å². The van der Waals surface area contributed by atoms with Crippen molar-refractivity contribution in [2.45, 2.75) is 26.7 Å². The summed E-state index contributed by atoms with van der Waals surface area (Å²) < 4.78 is 1.78. The Balaban J connectivity index is 2.06. The SMILES string of the molecule is CCC(C)Cc1nc(-c2cc(N)n[nH]2)n(-c2cccnc2)n1. The average Bonchev–Trinajstić information content (AvgIpc) is 3.14. The molecule has 0 bridgehead atoms. The molecule has 0 aliphatic carbocycles. The quantitative estimate of drug-likeness (QED) is 0.752. The van der Waals surface area contributed by atoms with Gasteiger partial charge in [-0.05, 0) is 18.1 Å². The van der Waals surface area contributed by atoms with Crippen LogP contribution < -0.4 is 5.73 Å². The van der Waals surface area contributed by atoms with Crippen molar-refractivity contribution in [1.82, 2.24) is 29.9 Å². The summed E-state index contributed by atoms with van der Waals surface area (Å²) in [5.41, 5.74) is 7.30. The first kappa shape index (κ1) is 14.2. The monoisotopic (exact) mass is 297 g/mol. The average molecular weight is 297 g/mol. The van der Waals surface area contributed by atoms with E-state index in [4.69, 9.17) is 5.73 Å². The Bertz CT molecular complexity index is 744. The third-order valence-corrected chi connectivity index (χ3v) is 3.61. The number of hydrogen-bond donors (Lipinski definition) is 2. The number of nitrogens with one attached hydrogen (secondary N) is 1. The summed E-state index contributed by atoms with van der Waals surface area (Å²) in [6.07, 6.45) is 5.41. The van der Waals surface area contributed by atoms with Gasteiger partial charge < -0.3 is 5.73 Å². The largest absolute Gasteiger partial charge is 0.382 e. The van der Waals surface area contributed by atoms with Crippen LogP contribution >= 0.6 is 0 Å². The van der Waals surface area contributed by atoms with Gasteiger partial charge in [0.2, 0.25) is 0 Å². The van der Waals surface area contributed by atoms with Gasteiger partial charge in [-0.25, -0.2) is 9.67 Å². The predicted octanol–water partition coefficient (Wildman–Crippen LogP) is 2.22. The molecule has 7 heteroatoms. The smallest absolute Gasteiger partial charge is 0.181 e. The fraction of sp³-hybridized carbons (Fsp3) is 0.333. The Morgan fingerprint density at radius 3 is 2.91 bits per heavy atom. The minimum absolute atomic E-state index is 0.430. The van der Waals surface area contributed by atoms with Crippen LogP contribution in [0, 0.1) is 5.92 Å². The first-order valence-electron chi connectivity index (χ1n) is 7.35. The normalized spacial score (nSPS) is 12.5. The van der Waals surface area contributed by atoms with Crippen LogP contribution in [0.1, 0.15) is 26.1 Å². The van der Waals surface area contributed by atoms with Gasteiger partial charge in [-0.1, -0.05) is 20.3 Å². The van der Waals surface area contributed by atoms with Crippen molar-refractivity contribution in [3.05, 3.63) is 36.4 Å². The van der Waals surface area contributed by atoms with Crippen molar-refractivity contribution < 1.29 is 0 Å². The summed E-state index contributed by atoms with van der Waals surface area (Å²) in [5, 5.41) is 11.5. The Kier molecular flexibility index (Phi) is 3.86. The molecular formula is C15H19N7. The maximum atomic E-state index is 5.70. The summed E-state index contributed by atoms with van der Waals surface area (Å²) in [4.78, 5) is 8.80. The molecule has 0 aliphatic rings. The second kappa shape index (κ2) is 5.97. The zero-order chi connectivity index (χ0) is 15.5. The second-order valence-electron chi connectivity index (χ2n) is 5.40. The zero-order valence-electron chi connectivity index (χ0n) is 12.7. The molecule has 3 aromatic rings. The predicted molar refractivity (Wildman–Crippen MR) is 84.3 cm³/mol. The molecule has 1 atom stereocenters. The number of nitrogen functional groups attached to an aromatic ring is 1. The van der Waals surface area contributed by atoms with Crippen molar-refractivity contribution in [2.24, 2.45) is 5.92 Å². The van der Waals surface area contributed by atoms with Crippen LogP contribution in [-0.2, 0) is 6.42 Å². The van der Waals surface area contributed by atoms with E-state index < -0.39 is 0 Å². The van der Waals surface area contributed by atoms with Crippen LogP contribution in [0.25, 0.3) is 17.2 Å². The van der Waals surface area contributed by atoms with Gasteiger partial charge in [0.15, 0.2) is 11.6 Å². The molecular weight excluding hydrogens is 278 g/mol. The number of pyridine rings is 1. The lowest BCUT2D eigenvalue weighted by Crippen LogP contribution is -2.02. The van der Waals surface area contributed by atoms with E-state index in [-0.39, 0.29) is 0 Å². The summed E-state index contributed by atoms with van der Waals surface area (Å²) in [5.74, 6) is 2.46. The molecule has 22 heavy (non-hydrogen) atoms. The van der Waals surface area contributed by atoms with Crippen molar-refractivity contribution in [3.63, 3.8) is 0 Å². The highest BCUT2D eigenvalue weighted by Gasteiger charge is 2.16. The first-order chi connectivity index (χ1) is 10.7. The van der Waals surface area contributed by atoms with Gasteiger partial charge in [0.05, 0.1) is 11.9 Å². The van der Waals surface area contributed by atoms with Crippen LogP contribution in [0.15, 0.2) is 30.6 Å². The Morgan fingerprint density at radius 1 is 1.41 bits per heavy atom. The maximum Gasteiger partial charge on any atom is 0.181 e. The van der Waals surface area contributed by atoms with Crippen molar-refractivity contribution in [3.8, 4) is 17.2 Å². The van der Waals surface area contributed by atoms with Gasteiger partial charge >= 0.3 is 0 Å². The minimum Gasteiger partial charge on any atom is -0.382 e. The number of aromatic nitrogens is 6. The van der Waals surface area contributed by atoms with Gasteiger partial charge in [-0.15, -0.1) is 0 Å².